The van der Waals surface area contributed by atoms with Gasteiger partial charge in [0.1, 0.15) is 0 Å². The molecule has 0 aliphatic carbocycles. The molecule has 0 radical (unpaired) electrons. The summed E-state index contributed by atoms with van der Waals surface area (Å²) in [5.41, 5.74) is 8.62. The highest BCUT2D eigenvalue weighted by molar-refractivity contribution is 5.94. The second kappa shape index (κ2) is 6.68. The average molecular weight is 262 g/mol. The third-order valence-electron chi connectivity index (χ3n) is 3.38. The van der Waals surface area contributed by atoms with E-state index in [0.717, 1.165) is 37.1 Å². The van der Waals surface area contributed by atoms with Crippen LogP contribution in [-0.4, -0.2) is 30.4 Å². The lowest BCUT2D eigenvalue weighted by Crippen LogP contribution is -2.33. The van der Waals surface area contributed by atoms with E-state index in [2.05, 4.69) is 6.92 Å². The fourth-order valence-electron chi connectivity index (χ4n) is 2.35. The zero-order valence-electron chi connectivity index (χ0n) is 11.5. The third-order valence-corrected chi connectivity index (χ3v) is 3.38. The molecule has 0 fully saturated rings. The first-order chi connectivity index (χ1) is 9.26. The number of fused-ring (bicyclic) bond motifs is 1. The van der Waals surface area contributed by atoms with Crippen LogP contribution in [0.3, 0.4) is 0 Å². The van der Waals surface area contributed by atoms with Crippen molar-refractivity contribution in [2.45, 2.75) is 33.0 Å². The zero-order chi connectivity index (χ0) is 13.7. The molecule has 0 saturated carbocycles. The molecule has 0 saturated heterocycles. The number of carbonyl (C=O) groups is 1. The summed E-state index contributed by atoms with van der Waals surface area (Å²) in [7, 11) is 0. The Hall–Kier alpha value is -1.39. The predicted molar refractivity (Wildman–Crippen MR) is 74.8 cm³/mol. The summed E-state index contributed by atoms with van der Waals surface area (Å²) < 4.78 is 5.38. The molecule has 2 N–H and O–H groups in total. The molecule has 0 aromatic heterocycles. The molecule has 19 heavy (non-hydrogen) atoms. The van der Waals surface area contributed by atoms with Crippen molar-refractivity contribution in [1.29, 1.82) is 0 Å². The van der Waals surface area contributed by atoms with Gasteiger partial charge in [-0.2, -0.15) is 0 Å². The standard InChI is InChI=1S/C15H22N2O2/c1-2-7-17(8-3-6-16)15(18)12-4-5-13-10-19-11-14(13)9-12/h4-5,9H,2-3,6-8,10-11,16H2,1H3. The maximum Gasteiger partial charge on any atom is 0.253 e. The van der Waals surface area contributed by atoms with Crippen molar-refractivity contribution in [2.24, 2.45) is 5.73 Å². The van der Waals surface area contributed by atoms with E-state index in [1.165, 1.54) is 5.56 Å². The smallest absolute Gasteiger partial charge is 0.253 e. The van der Waals surface area contributed by atoms with Gasteiger partial charge in [-0.1, -0.05) is 13.0 Å². The zero-order valence-corrected chi connectivity index (χ0v) is 11.5. The van der Waals surface area contributed by atoms with Crippen LogP contribution in [0.15, 0.2) is 18.2 Å². The van der Waals surface area contributed by atoms with E-state index in [0.29, 0.717) is 19.8 Å². The van der Waals surface area contributed by atoms with Gasteiger partial charge in [0.15, 0.2) is 0 Å². The topological polar surface area (TPSA) is 55.6 Å². The summed E-state index contributed by atoms with van der Waals surface area (Å²) in [4.78, 5) is 14.4. The highest BCUT2D eigenvalue weighted by Gasteiger charge is 2.18. The van der Waals surface area contributed by atoms with E-state index in [1.54, 1.807) is 0 Å². The van der Waals surface area contributed by atoms with Crippen molar-refractivity contribution in [1.82, 2.24) is 4.90 Å². The Morgan fingerprint density at radius 1 is 1.32 bits per heavy atom. The van der Waals surface area contributed by atoms with Gasteiger partial charge in [0.05, 0.1) is 13.2 Å². The Labute approximate surface area is 114 Å². The van der Waals surface area contributed by atoms with Gasteiger partial charge in [-0.15, -0.1) is 0 Å². The number of amides is 1. The Balaban J connectivity index is 2.11. The normalized spacial score (nSPS) is 13.4. The number of nitrogens with two attached hydrogens (primary N) is 1. The summed E-state index contributed by atoms with van der Waals surface area (Å²) in [6, 6.07) is 5.87. The van der Waals surface area contributed by atoms with Crippen molar-refractivity contribution in [3.63, 3.8) is 0 Å². The Bertz CT molecular complexity index is 446. The van der Waals surface area contributed by atoms with Crippen molar-refractivity contribution < 1.29 is 9.53 Å². The fourth-order valence-corrected chi connectivity index (χ4v) is 2.35. The summed E-state index contributed by atoms with van der Waals surface area (Å²) in [5, 5.41) is 0. The number of hydrogen-bond donors (Lipinski definition) is 1. The van der Waals surface area contributed by atoms with Crippen LogP contribution in [0.1, 0.15) is 41.3 Å². The van der Waals surface area contributed by atoms with Gasteiger partial charge in [-0.25, -0.2) is 0 Å². The summed E-state index contributed by atoms with van der Waals surface area (Å²) in [6.07, 6.45) is 1.81. The van der Waals surface area contributed by atoms with Crippen LogP contribution in [0, 0.1) is 0 Å². The number of benzene rings is 1. The van der Waals surface area contributed by atoms with E-state index in [4.69, 9.17) is 10.5 Å². The molecular formula is C15H22N2O2. The third kappa shape index (κ3) is 3.33. The SMILES string of the molecule is CCCN(CCCN)C(=O)c1ccc2c(c1)COC2. The van der Waals surface area contributed by atoms with E-state index in [-0.39, 0.29) is 5.91 Å². The van der Waals surface area contributed by atoms with E-state index in [9.17, 15) is 4.79 Å². The van der Waals surface area contributed by atoms with Gasteiger partial charge in [-0.3, -0.25) is 4.79 Å². The molecule has 104 valence electrons. The van der Waals surface area contributed by atoms with Crippen LogP contribution in [0.25, 0.3) is 0 Å². The molecule has 1 aromatic rings. The lowest BCUT2D eigenvalue weighted by atomic mass is 10.1. The minimum absolute atomic E-state index is 0.102. The molecule has 4 nitrogen and oxygen atoms in total. The first-order valence-corrected chi connectivity index (χ1v) is 6.95. The molecule has 1 heterocycles. The van der Waals surface area contributed by atoms with Crippen molar-refractivity contribution in [3.8, 4) is 0 Å². The number of hydrogen-bond acceptors (Lipinski definition) is 3. The maximum atomic E-state index is 12.5. The Morgan fingerprint density at radius 3 is 2.84 bits per heavy atom. The molecular weight excluding hydrogens is 240 g/mol. The van der Waals surface area contributed by atoms with Gasteiger partial charge in [-0.05, 0) is 42.6 Å². The monoisotopic (exact) mass is 262 g/mol. The lowest BCUT2D eigenvalue weighted by Gasteiger charge is -2.22. The number of rotatable bonds is 6. The van der Waals surface area contributed by atoms with Crippen molar-refractivity contribution in [2.75, 3.05) is 19.6 Å². The van der Waals surface area contributed by atoms with Crippen LogP contribution in [0.5, 0.6) is 0 Å². The molecule has 1 aliphatic rings. The first kappa shape index (κ1) is 14.0. The largest absolute Gasteiger partial charge is 0.372 e. The molecule has 0 bridgehead atoms. The quantitative estimate of drug-likeness (QED) is 0.852. The van der Waals surface area contributed by atoms with Gasteiger partial charge < -0.3 is 15.4 Å². The molecule has 1 amide bonds. The van der Waals surface area contributed by atoms with Crippen molar-refractivity contribution >= 4 is 5.91 Å². The fraction of sp³-hybridized carbons (Fsp3) is 0.533. The minimum atomic E-state index is 0.102. The number of carbonyl (C=O) groups excluding carboxylic acids is 1. The number of ether oxygens (including phenoxy) is 1. The van der Waals surface area contributed by atoms with Crippen LogP contribution >= 0.6 is 0 Å². The molecule has 1 aromatic carbocycles. The van der Waals surface area contributed by atoms with Gasteiger partial charge in [0, 0.05) is 18.7 Å². The highest BCUT2D eigenvalue weighted by atomic mass is 16.5. The van der Waals surface area contributed by atoms with Crippen LogP contribution in [0.2, 0.25) is 0 Å². The second-order valence-corrected chi connectivity index (χ2v) is 4.91. The Morgan fingerprint density at radius 2 is 2.11 bits per heavy atom. The van der Waals surface area contributed by atoms with Crippen molar-refractivity contribution in [3.05, 3.63) is 34.9 Å². The van der Waals surface area contributed by atoms with E-state index >= 15 is 0 Å². The molecule has 2 rings (SSSR count). The average Bonchev–Trinajstić information content (AvgIpc) is 2.90. The highest BCUT2D eigenvalue weighted by Crippen LogP contribution is 2.21. The summed E-state index contributed by atoms with van der Waals surface area (Å²) in [6.45, 7) is 5.50. The predicted octanol–water partition coefficient (Wildman–Crippen LogP) is 1.92. The number of nitrogens with zero attached hydrogens (tertiary/aromatic N) is 1. The van der Waals surface area contributed by atoms with Gasteiger partial charge in [0.2, 0.25) is 0 Å². The first-order valence-electron chi connectivity index (χ1n) is 6.95. The van der Waals surface area contributed by atoms with Crippen LogP contribution in [-0.2, 0) is 18.0 Å². The summed E-state index contributed by atoms with van der Waals surface area (Å²) in [5.74, 6) is 0.102. The second-order valence-electron chi connectivity index (χ2n) is 4.91. The lowest BCUT2D eigenvalue weighted by molar-refractivity contribution is 0.0754. The van der Waals surface area contributed by atoms with Crippen LogP contribution < -0.4 is 5.73 Å². The minimum Gasteiger partial charge on any atom is -0.372 e. The summed E-state index contributed by atoms with van der Waals surface area (Å²) >= 11 is 0. The van der Waals surface area contributed by atoms with Gasteiger partial charge in [0.25, 0.3) is 5.91 Å². The molecule has 4 heteroatoms. The Kier molecular flexibility index (Phi) is 4.93. The maximum absolute atomic E-state index is 12.5. The molecule has 0 unspecified atom stereocenters. The molecule has 0 spiro atoms. The van der Waals surface area contributed by atoms with Gasteiger partial charge >= 0.3 is 0 Å². The van der Waals surface area contributed by atoms with Crippen LogP contribution in [0.4, 0.5) is 0 Å². The van der Waals surface area contributed by atoms with E-state index in [1.807, 2.05) is 23.1 Å². The van der Waals surface area contributed by atoms with E-state index < -0.39 is 0 Å². The molecule has 1 aliphatic heterocycles. The molecule has 0 atom stereocenters.